The molecule has 30 heavy (non-hydrogen) atoms. The largest absolute Gasteiger partial charge is 0.339 e. The number of hydrogen-bond donors (Lipinski definition) is 1. The fourth-order valence-electron chi connectivity index (χ4n) is 4.27. The molecule has 1 aromatic carbocycles. The second-order valence-corrected chi connectivity index (χ2v) is 7.67. The maximum Gasteiger partial charge on any atom is 0.250 e. The van der Waals surface area contributed by atoms with Gasteiger partial charge in [0.1, 0.15) is 11.4 Å². The Hall–Kier alpha value is -2.45. The van der Waals surface area contributed by atoms with E-state index in [0.29, 0.717) is 44.6 Å². The van der Waals surface area contributed by atoms with Crippen LogP contribution in [0.25, 0.3) is 0 Å². The molecule has 2 aliphatic rings. The Bertz CT molecular complexity index is 862. The molecule has 3 heterocycles. The molecule has 0 bridgehead atoms. The molecular weight excluding hydrogens is 409 g/mol. The molecule has 9 heteroatoms. The molecule has 0 saturated carbocycles. The number of piperidine rings is 1. The van der Waals surface area contributed by atoms with Crippen LogP contribution in [0.4, 0.5) is 4.39 Å². The zero-order valence-electron chi connectivity index (χ0n) is 16.8. The highest BCUT2D eigenvalue weighted by atomic mass is 35.5. The summed E-state index contributed by atoms with van der Waals surface area (Å²) in [5, 5.41) is 7.68. The average molecular weight is 436 g/mol. The van der Waals surface area contributed by atoms with Gasteiger partial charge in [-0.3, -0.25) is 14.3 Å². The summed E-state index contributed by atoms with van der Waals surface area (Å²) in [6.07, 6.45) is 5.00. The number of amides is 2. The molecule has 2 saturated heterocycles. The normalized spacial score (nSPS) is 18.6. The minimum atomic E-state index is -0.659. The van der Waals surface area contributed by atoms with E-state index < -0.39 is 5.54 Å². The van der Waals surface area contributed by atoms with Crippen LogP contribution in [0.3, 0.4) is 0 Å². The molecule has 2 fully saturated rings. The van der Waals surface area contributed by atoms with E-state index in [0.717, 1.165) is 13.1 Å². The second-order valence-electron chi connectivity index (χ2n) is 7.67. The molecule has 0 spiro atoms. The van der Waals surface area contributed by atoms with Crippen LogP contribution in [-0.2, 0) is 21.5 Å². The van der Waals surface area contributed by atoms with Gasteiger partial charge in [-0.05, 0) is 43.6 Å². The van der Waals surface area contributed by atoms with Gasteiger partial charge in [0.25, 0.3) is 5.91 Å². The van der Waals surface area contributed by atoms with Crippen molar-refractivity contribution in [3.8, 4) is 0 Å². The standard InChI is InChI=1S/C21H26FN5O2.ClH/c22-18-5-2-1-4-17(18)16-19(28)25-12-14-26(15-13-25)20(29)21(6-9-23-10-7-21)27-11-3-8-24-27;/h1-5,8,11,23H,6-7,9-10,12-16H2;1H. The fraction of sp³-hybridized carbons (Fsp3) is 0.476. The van der Waals surface area contributed by atoms with Gasteiger partial charge < -0.3 is 15.1 Å². The van der Waals surface area contributed by atoms with Crippen molar-refractivity contribution < 1.29 is 14.0 Å². The lowest BCUT2D eigenvalue weighted by Gasteiger charge is -2.43. The third kappa shape index (κ3) is 4.34. The summed E-state index contributed by atoms with van der Waals surface area (Å²) in [6.45, 7) is 3.44. The van der Waals surface area contributed by atoms with E-state index in [4.69, 9.17) is 0 Å². The summed E-state index contributed by atoms with van der Waals surface area (Å²) in [6, 6.07) is 8.20. The van der Waals surface area contributed by atoms with Gasteiger partial charge in [-0.1, -0.05) is 18.2 Å². The van der Waals surface area contributed by atoms with Crippen molar-refractivity contribution in [3.05, 3.63) is 54.1 Å². The Morgan fingerprint density at radius 2 is 1.70 bits per heavy atom. The Morgan fingerprint density at radius 3 is 2.33 bits per heavy atom. The summed E-state index contributed by atoms with van der Waals surface area (Å²) in [5.74, 6) is -0.392. The molecule has 4 rings (SSSR count). The zero-order chi connectivity index (χ0) is 20.3. The van der Waals surface area contributed by atoms with Gasteiger partial charge in [0.05, 0.1) is 6.42 Å². The zero-order valence-corrected chi connectivity index (χ0v) is 17.6. The van der Waals surface area contributed by atoms with E-state index in [9.17, 15) is 14.0 Å². The molecule has 0 aliphatic carbocycles. The van der Waals surface area contributed by atoms with Crippen LogP contribution in [0, 0.1) is 5.82 Å². The Labute approximate surface area is 181 Å². The van der Waals surface area contributed by atoms with Crippen molar-refractivity contribution >= 4 is 24.2 Å². The van der Waals surface area contributed by atoms with Gasteiger partial charge >= 0.3 is 0 Å². The highest BCUT2D eigenvalue weighted by Crippen LogP contribution is 2.30. The third-order valence-corrected chi connectivity index (χ3v) is 5.99. The number of nitrogens with zero attached hydrogens (tertiary/aromatic N) is 4. The number of halogens is 2. The number of benzene rings is 1. The molecule has 7 nitrogen and oxygen atoms in total. The molecule has 0 atom stereocenters. The maximum atomic E-state index is 13.8. The molecule has 1 N–H and O–H groups in total. The average Bonchev–Trinajstić information content (AvgIpc) is 3.31. The number of nitrogens with one attached hydrogen (secondary N) is 1. The molecule has 2 aromatic rings. The molecule has 162 valence electrons. The lowest BCUT2D eigenvalue weighted by molar-refractivity contribution is -0.147. The van der Waals surface area contributed by atoms with E-state index in [2.05, 4.69) is 10.4 Å². The first kappa shape index (κ1) is 22.2. The monoisotopic (exact) mass is 435 g/mol. The summed E-state index contributed by atoms with van der Waals surface area (Å²) in [7, 11) is 0. The van der Waals surface area contributed by atoms with E-state index in [1.165, 1.54) is 6.07 Å². The van der Waals surface area contributed by atoms with Gasteiger partial charge in [-0.15, -0.1) is 12.4 Å². The van der Waals surface area contributed by atoms with Crippen LogP contribution in [0.15, 0.2) is 42.7 Å². The van der Waals surface area contributed by atoms with Gasteiger partial charge in [-0.2, -0.15) is 5.10 Å². The smallest absolute Gasteiger partial charge is 0.250 e. The molecule has 2 aliphatic heterocycles. The third-order valence-electron chi connectivity index (χ3n) is 5.99. The van der Waals surface area contributed by atoms with Gasteiger partial charge in [0.15, 0.2) is 0 Å². The van der Waals surface area contributed by atoms with Crippen LogP contribution in [0.5, 0.6) is 0 Å². The summed E-state index contributed by atoms with van der Waals surface area (Å²) >= 11 is 0. The highest BCUT2D eigenvalue weighted by molar-refractivity contribution is 5.86. The topological polar surface area (TPSA) is 70.5 Å². The summed E-state index contributed by atoms with van der Waals surface area (Å²) < 4.78 is 15.6. The lowest BCUT2D eigenvalue weighted by Crippen LogP contribution is -2.60. The number of aromatic nitrogens is 2. The van der Waals surface area contributed by atoms with Gasteiger partial charge in [-0.25, -0.2) is 4.39 Å². The number of hydrogen-bond acceptors (Lipinski definition) is 4. The van der Waals surface area contributed by atoms with Crippen molar-refractivity contribution in [2.75, 3.05) is 39.3 Å². The minimum absolute atomic E-state index is 0. The van der Waals surface area contributed by atoms with Crippen molar-refractivity contribution in [3.63, 3.8) is 0 Å². The number of piperazine rings is 1. The first-order chi connectivity index (χ1) is 14.1. The highest BCUT2D eigenvalue weighted by Gasteiger charge is 2.45. The SMILES string of the molecule is Cl.O=C(Cc1ccccc1F)N1CCN(C(=O)C2(n3cccn3)CCNCC2)CC1. The second kappa shape index (κ2) is 9.57. The first-order valence-corrected chi connectivity index (χ1v) is 10.1. The van der Waals surface area contributed by atoms with Crippen molar-refractivity contribution in [1.82, 2.24) is 24.9 Å². The van der Waals surface area contributed by atoms with Crippen LogP contribution in [0.2, 0.25) is 0 Å². The lowest BCUT2D eigenvalue weighted by atomic mass is 9.86. The number of carbonyl (C=O) groups excluding carboxylic acids is 2. The molecule has 0 radical (unpaired) electrons. The quantitative estimate of drug-likeness (QED) is 0.788. The van der Waals surface area contributed by atoms with Crippen molar-refractivity contribution in [2.24, 2.45) is 0 Å². The minimum Gasteiger partial charge on any atom is -0.339 e. The van der Waals surface area contributed by atoms with Gasteiger partial charge in [0, 0.05) is 38.6 Å². The molecular formula is C21H27ClFN5O2. The van der Waals surface area contributed by atoms with E-state index in [-0.39, 0.29) is 36.5 Å². The molecule has 1 aromatic heterocycles. The van der Waals surface area contributed by atoms with Crippen LogP contribution in [0.1, 0.15) is 18.4 Å². The first-order valence-electron chi connectivity index (χ1n) is 10.1. The Balaban J connectivity index is 0.00000256. The van der Waals surface area contributed by atoms with Crippen LogP contribution < -0.4 is 5.32 Å². The number of carbonyl (C=O) groups is 2. The summed E-state index contributed by atoms with van der Waals surface area (Å²) in [4.78, 5) is 29.6. The van der Waals surface area contributed by atoms with Gasteiger partial charge in [0.2, 0.25) is 5.91 Å². The van der Waals surface area contributed by atoms with E-state index in [1.807, 2.05) is 17.2 Å². The predicted octanol–water partition coefficient (Wildman–Crippen LogP) is 1.44. The van der Waals surface area contributed by atoms with Crippen molar-refractivity contribution in [2.45, 2.75) is 24.8 Å². The van der Waals surface area contributed by atoms with E-state index >= 15 is 0 Å². The van der Waals surface area contributed by atoms with E-state index in [1.54, 1.807) is 34.0 Å². The van der Waals surface area contributed by atoms with Crippen molar-refractivity contribution in [1.29, 1.82) is 0 Å². The predicted molar refractivity (Wildman–Crippen MR) is 113 cm³/mol. The molecule has 2 amide bonds. The summed E-state index contributed by atoms with van der Waals surface area (Å²) in [5.41, 5.74) is -0.253. The molecule has 0 unspecified atom stereocenters. The van der Waals surface area contributed by atoms with Crippen LogP contribution in [-0.4, -0.2) is 70.7 Å². The maximum absolute atomic E-state index is 13.8. The number of rotatable bonds is 4. The Morgan fingerprint density at radius 1 is 1.03 bits per heavy atom. The van der Waals surface area contributed by atoms with Crippen LogP contribution >= 0.6 is 12.4 Å². The Kier molecular flexibility index (Phi) is 7.10. The fourth-order valence-corrected chi connectivity index (χ4v) is 4.27.